The van der Waals surface area contributed by atoms with Gasteiger partial charge >= 0.3 is 0 Å². The van der Waals surface area contributed by atoms with E-state index in [1.807, 2.05) is 55.5 Å². The fourth-order valence-corrected chi connectivity index (χ4v) is 4.71. The zero-order valence-electron chi connectivity index (χ0n) is 21.0. The van der Waals surface area contributed by atoms with Crippen LogP contribution in [0.15, 0.2) is 64.1 Å². The molecule has 1 aromatic carbocycles. The number of nitrogens with zero attached hydrogens (tertiary/aromatic N) is 3. The zero-order valence-corrected chi connectivity index (χ0v) is 21.0. The number of aromatic nitrogens is 1. The summed E-state index contributed by atoms with van der Waals surface area (Å²) in [6.07, 6.45) is 8.28. The van der Waals surface area contributed by atoms with E-state index in [9.17, 15) is 0 Å². The van der Waals surface area contributed by atoms with Crippen molar-refractivity contribution in [3.05, 3.63) is 71.8 Å². The average molecular weight is 490 g/mol. The molecule has 5 rings (SSSR count). The van der Waals surface area contributed by atoms with E-state index in [2.05, 4.69) is 9.88 Å². The monoisotopic (exact) mass is 489 g/mol. The Morgan fingerprint density at radius 2 is 1.81 bits per heavy atom. The van der Waals surface area contributed by atoms with Crippen molar-refractivity contribution < 1.29 is 18.6 Å². The second-order valence-electron chi connectivity index (χ2n) is 9.40. The second kappa shape index (κ2) is 12.1. The Morgan fingerprint density at radius 3 is 2.64 bits per heavy atom. The number of rotatable bonds is 4. The third-order valence-corrected chi connectivity index (χ3v) is 6.53. The minimum atomic E-state index is 0.159. The maximum absolute atomic E-state index is 6.39. The van der Waals surface area contributed by atoms with E-state index >= 15 is 0 Å². The molecule has 1 fully saturated rings. The Balaban J connectivity index is 1.53. The normalized spacial score (nSPS) is 18.7. The molecule has 1 saturated heterocycles. The number of ether oxygens (including phenoxy) is 3. The molecule has 7 nitrogen and oxygen atoms in total. The van der Waals surface area contributed by atoms with Crippen molar-refractivity contribution in [2.75, 3.05) is 26.3 Å². The van der Waals surface area contributed by atoms with E-state index in [-0.39, 0.29) is 6.10 Å². The van der Waals surface area contributed by atoms with Gasteiger partial charge in [0.25, 0.3) is 0 Å². The molecule has 2 aromatic heterocycles. The molecule has 0 radical (unpaired) electrons. The van der Waals surface area contributed by atoms with Gasteiger partial charge in [0.05, 0.1) is 24.8 Å². The molecule has 1 unspecified atom stereocenters. The van der Waals surface area contributed by atoms with Gasteiger partial charge in [-0.05, 0) is 75.4 Å². The number of fused-ring (bicyclic) bond motifs is 2. The van der Waals surface area contributed by atoms with Gasteiger partial charge in [-0.15, -0.1) is 0 Å². The third kappa shape index (κ3) is 6.26. The van der Waals surface area contributed by atoms with Gasteiger partial charge in [0.1, 0.15) is 17.4 Å². The Kier molecular flexibility index (Phi) is 8.18. The molecule has 36 heavy (non-hydrogen) atoms. The fraction of sp³-hybridized carbons (Fsp3) is 0.448. The SMILES string of the molecule is Cc1ccc(CN(CC2CCCO2)C2=NCCCCCCOc3ccccc3Oc3ncccc32)o1. The Hall–Kier alpha value is -3.32. The van der Waals surface area contributed by atoms with Crippen LogP contribution in [0.1, 0.15) is 55.6 Å². The van der Waals surface area contributed by atoms with Crippen molar-refractivity contribution in [3.63, 3.8) is 0 Å². The number of pyridine rings is 1. The van der Waals surface area contributed by atoms with Crippen LogP contribution in [0, 0.1) is 6.92 Å². The molecule has 0 aliphatic carbocycles. The third-order valence-electron chi connectivity index (χ3n) is 6.53. The molecule has 4 heterocycles. The molecular formula is C29H35N3O4. The lowest BCUT2D eigenvalue weighted by atomic mass is 10.1. The summed E-state index contributed by atoms with van der Waals surface area (Å²) in [7, 11) is 0. The Labute approximate surface area is 213 Å². The van der Waals surface area contributed by atoms with E-state index in [0.717, 1.165) is 86.9 Å². The molecule has 7 heteroatoms. The summed E-state index contributed by atoms with van der Waals surface area (Å²) in [5, 5.41) is 0. The van der Waals surface area contributed by atoms with Crippen molar-refractivity contribution in [1.82, 2.24) is 9.88 Å². The number of benzene rings is 1. The van der Waals surface area contributed by atoms with Crippen LogP contribution in [0.4, 0.5) is 0 Å². The lowest BCUT2D eigenvalue weighted by Crippen LogP contribution is -2.38. The van der Waals surface area contributed by atoms with E-state index in [1.165, 1.54) is 0 Å². The van der Waals surface area contributed by atoms with Crippen LogP contribution in [0.5, 0.6) is 17.4 Å². The van der Waals surface area contributed by atoms with Crippen LogP contribution in [-0.4, -0.2) is 48.1 Å². The van der Waals surface area contributed by atoms with Crippen LogP contribution >= 0.6 is 0 Å². The summed E-state index contributed by atoms with van der Waals surface area (Å²) in [6, 6.07) is 15.8. The van der Waals surface area contributed by atoms with Crippen LogP contribution in [-0.2, 0) is 11.3 Å². The highest BCUT2D eigenvalue weighted by molar-refractivity contribution is 6.00. The quantitative estimate of drug-likeness (QED) is 0.437. The summed E-state index contributed by atoms with van der Waals surface area (Å²) in [5.41, 5.74) is 0.852. The van der Waals surface area contributed by atoms with Gasteiger partial charge in [0.15, 0.2) is 11.5 Å². The standard InChI is InChI=1S/C29H35N3O4/c1-22-14-15-24(35-22)21-32(20-23-10-9-19-33-23)28-25-11-8-17-31-29(25)36-27-13-5-4-12-26(27)34-18-7-3-2-6-16-30-28/h4-5,8,11-15,17,23H,2-3,6-7,9-10,16,18-21H2,1H3. The fourth-order valence-electron chi connectivity index (χ4n) is 4.71. The molecule has 0 spiro atoms. The van der Waals surface area contributed by atoms with Crippen LogP contribution in [0.2, 0.25) is 0 Å². The number of aryl methyl sites for hydroxylation is 1. The zero-order chi connectivity index (χ0) is 24.6. The largest absolute Gasteiger partial charge is 0.490 e. The van der Waals surface area contributed by atoms with E-state index in [0.29, 0.717) is 24.8 Å². The molecule has 3 aromatic rings. The maximum Gasteiger partial charge on any atom is 0.230 e. The first-order valence-electron chi connectivity index (χ1n) is 13.1. The molecule has 0 N–H and O–H groups in total. The average Bonchev–Trinajstić information content (AvgIpc) is 3.55. The summed E-state index contributed by atoms with van der Waals surface area (Å²) in [5.74, 6) is 4.55. The number of amidine groups is 1. The predicted molar refractivity (Wildman–Crippen MR) is 139 cm³/mol. The highest BCUT2D eigenvalue weighted by Crippen LogP contribution is 2.33. The smallest absolute Gasteiger partial charge is 0.230 e. The molecule has 0 amide bonds. The lowest BCUT2D eigenvalue weighted by molar-refractivity contribution is 0.0886. The van der Waals surface area contributed by atoms with Gasteiger partial charge in [-0.3, -0.25) is 4.99 Å². The number of furan rings is 1. The van der Waals surface area contributed by atoms with Crippen molar-refractivity contribution in [2.24, 2.45) is 4.99 Å². The van der Waals surface area contributed by atoms with Gasteiger partial charge in [-0.1, -0.05) is 18.6 Å². The minimum Gasteiger partial charge on any atom is -0.490 e. The van der Waals surface area contributed by atoms with Crippen molar-refractivity contribution >= 4 is 5.84 Å². The van der Waals surface area contributed by atoms with Gasteiger partial charge in [-0.25, -0.2) is 4.98 Å². The highest BCUT2D eigenvalue weighted by atomic mass is 16.5. The van der Waals surface area contributed by atoms with E-state index < -0.39 is 0 Å². The highest BCUT2D eigenvalue weighted by Gasteiger charge is 2.26. The van der Waals surface area contributed by atoms with Crippen molar-refractivity contribution in [1.29, 1.82) is 0 Å². The first kappa shape index (κ1) is 24.4. The number of para-hydroxylation sites is 2. The maximum atomic E-state index is 6.39. The number of aliphatic imine (C=N–C) groups is 1. The summed E-state index contributed by atoms with van der Waals surface area (Å²) >= 11 is 0. The molecule has 0 bridgehead atoms. The number of hydrogen-bond donors (Lipinski definition) is 0. The first-order chi connectivity index (χ1) is 17.8. The number of hydrogen-bond acceptors (Lipinski definition) is 7. The molecule has 0 saturated carbocycles. The summed E-state index contributed by atoms with van der Waals surface area (Å²) < 4.78 is 24.5. The van der Waals surface area contributed by atoms with Crippen LogP contribution in [0.3, 0.4) is 0 Å². The van der Waals surface area contributed by atoms with Crippen molar-refractivity contribution in [2.45, 2.75) is 58.1 Å². The van der Waals surface area contributed by atoms with Gasteiger partial charge in [0.2, 0.25) is 5.88 Å². The topological polar surface area (TPSA) is 69.3 Å². The van der Waals surface area contributed by atoms with E-state index in [1.54, 1.807) is 6.20 Å². The minimum absolute atomic E-state index is 0.159. The van der Waals surface area contributed by atoms with Gasteiger partial charge in [0, 0.05) is 25.9 Å². The lowest BCUT2D eigenvalue weighted by Gasteiger charge is -2.29. The molecule has 1 atom stereocenters. The van der Waals surface area contributed by atoms with Gasteiger partial charge < -0.3 is 23.5 Å². The molecular weight excluding hydrogens is 454 g/mol. The second-order valence-corrected chi connectivity index (χ2v) is 9.40. The summed E-state index contributed by atoms with van der Waals surface area (Å²) in [6.45, 7) is 5.51. The van der Waals surface area contributed by atoms with Crippen molar-refractivity contribution in [3.8, 4) is 17.4 Å². The molecule has 2 aliphatic heterocycles. The predicted octanol–water partition coefficient (Wildman–Crippen LogP) is 6.16. The molecule has 2 aliphatic rings. The van der Waals surface area contributed by atoms with E-state index in [4.69, 9.17) is 23.6 Å². The van der Waals surface area contributed by atoms with Gasteiger partial charge in [-0.2, -0.15) is 0 Å². The van der Waals surface area contributed by atoms with Crippen LogP contribution < -0.4 is 9.47 Å². The van der Waals surface area contributed by atoms with Crippen LogP contribution in [0.25, 0.3) is 0 Å². The summed E-state index contributed by atoms with van der Waals surface area (Å²) in [4.78, 5) is 12.0. The first-order valence-corrected chi connectivity index (χ1v) is 13.1. The Morgan fingerprint density at radius 1 is 0.917 bits per heavy atom. The molecule has 190 valence electrons. The Bertz CT molecular complexity index is 1150.